The van der Waals surface area contributed by atoms with Crippen molar-refractivity contribution in [1.29, 1.82) is 0 Å². The van der Waals surface area contributed by atoms with Gasteiger partial charge in [0.2, 0.25) is 5.82 Å². The highest BCUT2D eigenvalue weighted by molar-refractivity contribution is 5.65. The molecule has 0 saturated carbocycles. The lowest BCUT2D eigenvalue weighted by Gasteiger charge is -2.41. The Morgan fingerprint density at radius 1 is 1.38 bits per heavy atom. The molecule has 2 atom stereocenters. The summed E-state index contributed by atoms with van der Waals surface area (Å²) in [4.78, 5) is 12.1. The van der Waals surface area contributed by atoms with E-state index in [1.165, 1.54) is 0 Å². The maximum atomic E-state index is 13.8. The summed E-state index contributed by atoms with van der Waals surface area (Å²) in [6.07, 6.45) is 1.58. The number of halogens is 2. The van der Waals surface area contributed by atoms with Crippen LogP contribution >= 0.6 is 0 Å². The fourth-order valence-corrected chi connectivity index (χ4v) is 2.75. The van der Waals surface area contributed by atoms with Crippen LogP contribution in [0.15, 0.2) is 12.1 Å². The molecule has 1 aromatic carbocycles. The molecule has 1 aromatic rings. The van der Waals surface area contributed by atoms with Crippen LogP contribution in [-0.2, 0) is 0 Å². The third-order valence-electron chi connectivity index (χ3n) is 3.96. The van der Waals surface area contributed by atoms with E-state index in [2.05, 4.69) is 5.32 Å². The van der Waals surface area contributed by atoms with Crippen LogP contribution in [0.25, 0.3) is 0 Å². The van der Waals surface area contributed by atoms with Crippen molar-refractivity contribution < 1.29 is 13.7 Å². The van der Waals surface area contributed by atoms with E-state index in [0.717, 1.165) is 18.9 Å². The SMILES string of the molecule is CCC1CN(c2cc(F)cc(F)c2[N+](=O)[O-])C(CC)CN1. The second kappa shape index (κ2) is 6.34. The molecule has 0 bridgehead atoms. The minimum Gasteiger partial charge on any atom is -0.360 e. The number of nitro groups is 1. The molecule has 7 heteroatoms. The van der Waals surface area contributed by atoms with E-state index in [0.29, 0.717) is 19.2 Å². The summed E-state index contributed by atoms with van der Waals surface area (Å²) in [5, 5.41) is 14.5. The van der Waals surface area contributed by atoms with Crippen LogP contribution in [0.3, 0.4) is 0 Å². The number of piperazine rings is 1. The van der Waals surface area contributed by atoms with Gasteiger partial charge in [-0.3, -0.25) is 10.1 Å². The van der Waals surface area contributed by atoms with Gasteiger partial charge in [-0.2, -0.15) is 4.39 Å². The number of rotatable bonds is 4. The molecule has 21 heavy (non-hydrogen) atoms. The Hall–Kier alpha value is -1.76. The van der Waals surface area contributed by atoms with Crippen LogP contribution in [0.5, 0.6) is 0 Å². The summed E-state index contributed by atoms with van der Waals surface area (Å²) in [6, 6.07) is 1.75. The van der Waals surface area contributed by atoms with Gasteiger partial charge in [0.15, 0.2) is 0 Å². The van der Waals surface area contributed by atoms with E-state index in [1.54, 1.807) is 4.90 Å². The fraction of sp³-hybridized carbons (Fsp3) is 0.571. The Balaban J connectivity index is 2.48. The number of benzene rings is 1. The van der Waals surface area contributed by atoms with Crippen LogP contribution in [0.2, 0.25) is 0 Å². The molecular formula is C14H19F2N3O2. The zero-order chi connectivity index (χ0) is 15.6. The number of nitrogens with zero attached hydrogens (tertiary/aromatic N) is 2. The van der Waals surface area contributed by atoms with Gasteiger partial charge in [-0.15, -0.1) is 0 Å². The topological polar surface area (TPSA) is 58.4 Å². The highest BCUT2D eigenvalue weighted by Gasteiger charge is 2.33. The lowest BCUT2D eigenvalue weighted by Crippen LogP contribution is -2.56. The molecule has 1 heterocycles. The minimum atomic E-state index is -1.13. The summed E-state index contributed by atoms with van der Waals surface area (Å²) in [5.74, 6) is -1.93. The number of anilines is 1. The normalized spacial score (nSPS) is 22.4. The first-order chi connectivity index (χ1) is 9.97. The maximum Gasteiger partial charge on any atom is 0.328 e. The predicted octanol–water partition coefficient (Wildman–Crippen LogP) is 2.84. The van der Waals surface area contributed by atoms with Crippen LogP contribution < -0.4 is 10.2 Å². The van der Waals surface area contributed by atoms with E-state index in [1.807, 2.05) is 13.8 Å². The number of nitrogens with one attached hydrogen (secondary N) is 1. The molecule has 0 spiro atoms. The van der Waals surface area contributed by atoms with Crippen LogP contribution in [0, 0.1) is 21.7 Å². The van der Waals surface area contributed by atoms with E-state index in [-0.39, 0.29) is 17.8 Å². The molecule has 116 valence electrons. The maximum absolute atomic E-state index is 13.8. The van der Waals surface area contributed by atoms with Crippen LogP contribution in [0.4, 0.5) is 20.2 Å². The zero-order valence-electron chi connectivity index (χ0n) is 12.1. The Labute approximate surface area is 122 Å². The summed E-state index contributed by atoms with van der Waals surface area (Å²) in [5.41, 5.74) is -0.615. The highest BCUT2D eigenvalue weighted by Crippen LogP contribution is 2.34. The van der Waals surface area contributed by atoms with Gasteiger partial charge < -0.3 is 10.2 Å². The lowest BCUT2D eigenvalue weighted by atomic mass is 10.0. The lowest BCUT2D eigenvalue weighted by molar-refractivity contribution is -0.386. The molecule has 1 N–H and O–H groups in total. The minimum absolute atomic E-state index is 0.0206. The van der Waals surface area contributed by atoms with E-state index >= 15 is 0 Å². The summed E-state index contributed by atoms with van der Waals surface area (Å²) in [6.45, 7) is 5.10. The van der Waals surface area contributed by atoms with Gasteiger partial charge in [0.25, 0.3) is 0 Å². The summed E-state index contributed by atoms with van der Waals surface area (Å²) in [7, 11) is 0. The van der Waals surface area contributed by atoms with Crippen molar-refractivity contribution >= 4 is 11.4 Å². The van der Waals surface area contributed by atoms with E-state index < -0.39 is 22.2 Å². The van der Waals surface area contributed by atoms with Gasteiger partial charge in [-0.25, -0.2) is 4.39 Å². The highest BCUT2D eigenvalue weighted by atomic mass is 19.1. The van der Waals surface area contributed by atoms with Crippen molar-refractivity contribution in [2.45, 2.75) is 38.8 Å². The third kappa shape index (κ3) is 3.12. The Bertz CT molecular complexity index is 539. The first-order valence-corrected chi connectivity index (χ1v) is 7.11. The molecule has 0 amide bonds. The molecular weight excluding hydrogens is 280 g/mol. The van der Waals surface area contributed by atoms with Crippen molar-refractivity contribution in [1.82, 2.24) is 5.32 Å². The smallest absolute Gasteiger partial charge is 0.328 e. The number of hydrogen-bond donors (Lipinski definition) is 1. The molecule has 0 radical (unpaired) electrons. The fourth-order valence-electron chi connectivity index (χ4n) is 2.75. The van der Waals surface area contributed by atoms with Gasteiger partial charge in [0.05, 0.1) is 4.92 Å². The Morgan fingerprint density at radius 2 is 2.10 bits per heavy atom. The monoisotopic (exact) mass is 299 g/mol. The first-order valence-electron chi connectivity index (χ1n) is 7.11. The Morgan fingerprint density at radius 3 is 2.67 bits per heavy atom. The predicted molar refractivity (Wildman–Crippen MR) is 76.5 cm³/mol. The van der Waals surface area contributed by atoms with E-state index in [9.17, 15) is 18.9 Å². The second-order valence-corrected chi connectivity index (χ2v) is 5.24. The molecule has 2 unspecified atom stereocenters. The first kappa shape index (κ1) is 15.6. The quantitative estimate of drug-likeness (QED) is 0.686. The van der Waals surface area contributed by atoms with Gasteiger partial charge in [0.1, 0.15) is 11.5 Å². The molecule has 1 fully saturated rings. The van der Waals surface area contributed by atoms with Crippen molar-refractivity contribution in [2.24, 2.45) is 0 Å². The number of nitro benzene ring substituents is 1. The van der Waals surface area contributed by atoms with Crippen LogP contribution in [0.1, 0.15) is 26.7 Å². The number of hydrogen-bond acceptors (Lipinski definition) is 4. The van der Waals surface area contributed by atoms with Crippen LogP contribution in [-0.4, -0.2) is 30.1 Å². The molecule has 2 rings (SSSR count). The van der Waals surface area contributed by atoms with Gasteiger partial charge >= 0.3 is 5.69 Å². The molecule has 1 saturated heterocycles. The van der Waals surface area contributed by atoms with E-state index in [4.69, 9.17) is 0 Å². The zero-order valence-corrected chi connectivity index (χ0v) is 12.1. The van der Waals surface area contributed by atoms with Crippen molar-refractivity contribution in [3.8, 4) is 0 Å². The largest absolute Gasteiger partial charge is 0.360 e. The second-order valence-electron chi connectivity index (χ2n) is 5.24. The van der Waals surface area contributed by atoms with Crippen molar-refractivity contribution in [3.63, 3.8) is 0 Å². The average molecular weight is 299 g/mol. The van der Waals surface area contributed by atoms with Crippen molar-refractivity contribution in [2.75, 3.05) is 18.0 Å². The van der Waals surface area contributed by atoms with Gasteiger partial charge in [0, 0.05) is 37.3 Å². The summed E-state index contributed by atoms with van der Waals surface area (Å²) < 4.78 is 27.3. The molecule has 1 aliphatic rings. The van der Waals surface area contributed by atoms with Crippen molar-refractivity contribution in [3.05, 3.63) is 33.9 Å². The summed E-state index contributed by atoms with van der Waals surface area (Å²) >= 11 is 0. The molecule has 0 aromatic heterocycles. The molecule has 0 aliphatic carbocycles. The average Bonchev–Trinajstić information content (AvgIpc) is 2.45. The van der Waals surface area contributed by atoms with Gasteiger partial charge in [-0.1, -0.05) is 13.8 Å². The van der Waals surface area contributed by atoms with Gasteiger partial charge in [-0.05, 0) is 12.8 Å². The molecule has 1 aliphatic heterocycles. The third-order valence-corrected chi connectivity index (χ3v) is 3.96. The Kier molecular flexibility index (Phi) is 4.72. The molecule has 5 nitrogen and oxygen atoms in total. The standard InChI is InChI=1S/C14H19F2N3O2/c1-3-10-8-18(11(4-2)7-17-10)13-6-9(15)5-12(16)14(13)19(20)21/h5-6,10-11,17H,3-4,7-8H2,1-2H3.